The van der Waals surface area contributed by atoms with Crippen LogP contribution in [0.25, 0.3) is 0 Å². The molecule has 0 saturated carbocycles. The van der Waals surface area contributed by atoms with Crippen LogP contribution in [0.1, 0.15) is 13.8 Å². The highest BCUT2D eigenvalue weighted by Crippen LogP contribution is 1.98. The van der Waals surface area contributed by atoms with E-state index in [4.69, 9.17) is 5.11 Å². The maximum Gasteiger partial charge on any atom is 0.320 e. The first kappa shape index (κ1) is 12.4. The van der Waals surface area contributed by atoms with Gasteiger partial charge in [0, 0.05) is 5.92 Å². The van der Waals surface area contributed by atoms with Crippen molar-refractivity contribution >= 4 is 24.4 Å². The minimum atomic E-state index is -0.952. The molecule has 0 bridgehead atoms. The molecule has 13 heavy (non-hydrogen) atoms. The van der Waals surface area contributed by atoms with Crippen LogP contribution in [-0.2, 0) is 9.59 Å². The predicted molar refractivity (Wildman–Crippen MR) is 53.1 cm³/mol. The monoisotopic (exact) mass is 205 g/mol. The minimum absolute atomic E-state index is 0.0110. The van der Waals surface area contributed by atoms with E-state index in [0.717, 1.165) is 0 Å². The molecule has 0 rings (SSSR count). The summed E-state index contributed by atoms with van der Waals surface area (Å²) in [4.78, 5) is 21.6. The molecule has 0 heterocycles. The van der Waals surface area contributed by atoms with Crippen LogP contribution in [0, 0.1) is 5.92 Å². The lowest BCUT2D eigenvalue weighted by Gasteiger charge is -2.10. The van der Waals surface area contributed by atoms with E-state index < -0.39 is 12.0 Å². The van der Waals surface area contributed by atoms with Gasteiger partial charge >= 0.3 is 5.97 Å². The van der Waals surface area contributed by atoms with E-state index in [-0.39, 0.29) is 18.2 Å². The molecule has 0 aliphatic carbocycles. The number of rotatable bonds is 6. The molecule has 0 fully saturated rings. The van der Waals surface area contributed by atoms with Crippen molar-refractivity contribution in [1.82, 2.24) is 5.32 Å². The Balaban J connectivity index is 3.76. The van der Waals surface area contributed by atoms with Crippen LogP contribution in [0.3, 0.4) is 0 Å². The standard InChI is InChI=1S/C8H15NO3S/c1-5(4-13)7(10)3-9-6(2)8(11)12/h5-6,9,13H,3-4H2,1-2H3,(H,11,12)/t5?,6-/m0/s1. The van der Waals surface area contributed by atoms with Crippen molar-refractivity contribution < 1.29 is 14.7 Å². The number of Topliss-reactive ketones (excluding diaryl/α,β-unsaturated/α-hetero) is 1. The first-order chi connectivity index (χ1) is 5.99. The average molecular weight is 205 g/mol. The molecule has 2 atom stereocenters. The fraction of sp³-hybridized carbons (Fsp3) is 0.750. The highest BCUT2D eigenvalue weighted by molar-refractivity contribution is 7.80. The summed E-state index contributed by atoms with van der Waals surface area (Å²) in [7, 11) is 0. The normalized spacial score (nSPS) is 15.0. The number of nitrogens with one attached hydrogen (secondary N) is 1. The lowest BCUT2D eigenvalue weighted by Crippen LogP contribution is -2.38. The van der Waals surface area contributed by atoms with Crippen LogP contribution >= 0.6 is 12.6 Å². The molecule has 0 aliphatic rings. The molecule has 0 aliphatic heterocycles. The molecule has 5 heteroatoms. The third-order valence-electron chi connectivity index (χ3n) is 1.78. The maximum atomic E-state index is 11.2. The fourth-order valence-electron chi connectivity index (χ4n) is 0.617. The van der Waals surface area contributed by atoms with Crippen LogP contribution < -0.4 is 5.32 Å². The molecule has 0 amide bonds. The highest BCUT2D eigenvalue weighted by Gasteiger charge is 2.14. The van der Waals surface area contributed by atoms with E-state index in [1.165, 1.54) is 6.92 Å². The fourth-order valence-corrected chi connectivity index (χ4v) is 0.821. The summed E-state index contributed by atoms with van der Waals surface area (Å²) < 4.78 is 0. The van der Waals surface area contributed by atoms with Crippen LogP contribution in [0.15, 0.2) is 0 Å². The van der Waals surface area contributed by atoms with Crippen LogP contribution in [-0.4, -0.2) is 35.2 Å². The van der Waals surface area contributed by atoms with Crippen molar-refractivity contribution in [3.05, 3.63) is 0 Å². The summed E-state index contributed by atoms with van der Waals surface area (Å²) in [6.07, 6.45) is 0. The number of thiol groups is 1. The summed E-state index contributed by atoms with van der Waals surface area (Å²) in [5.74, 6) is -0.603. The van der Waals surface area contributed by atoms with Gasteiger partial charge in [0.1, 0.15) is 11.8 Å². The van der Waals surface area contributed by atoms with Gasteiger partial charge in [-0.15, -0.1) is 0 Å². The van der Waals surface area contributed by atoms with E-state index in [0.29, 0.717) is 5.75 Å². The molecule has 76 valence electrons. The first-order valence-corrected chi connectivity index (χ1v) is 4.72. The Kier molecular flexibility index (Phi) is 5.73. The second kappa shape index (κ2) is 5.99. The first-order valence-electron chi connectivity index (χ1n) is 4.08. The number of carboxylic acids is 1. The van der Waals surface area contributed by atoms with Gasteiger partial charge in [0.15, 0.2) is 0 Å². The zero-order valence-electron chi connectivity index (χ0n) is 7.78. The van der Waals surface area contributed by atoms with Gasteiger partial charge in [-0.3, -0.25) is 14.9 Å². The summed E-state index contributed by atoms with van der Waals surface area (Å²) in [5.41, 5.74) is 0. The van der Waals surface area contributed by atoms with Gasteiger partial charge in [-0.1, -0.05) is 6.92 Å². The van der Waals surface area contributed by atoms with Gasteiger partial charge in [0.25, 0.3) is 0 Å². The average Bonchev–Trinajstić information content (AvgIpc) is 2.11. The molecular formula is C8H15NO3S. The summed E-state index contributed by atoms with van der Waals surface area (Å²) in [6, 6.07) is -0.684. The molecular weight excluding hydrogens is 190 g/mol. The molecule has 1 unspecified atom stereocenters. The van der Waals surface area contributed by atoms with Crippen molar-refractivity contribution in [3.8, 4) is 0 Å². The summed E-state index contributed by atoms with van der Waals surface area (Å²) >= 11 is 3.98. The van der Waals surface area contributed by atoms with Gasteiger partial charge in [-0.25, -0.2) is 0 Å². The molecule has 0 saturated heterocycles. The predicted octanol–water partition coefficient (Wildman–Crippen LogP) is 0.184. The zero-order valence-corrected chi connectivity index (χ0v) is 8.67. The van der Waals surface area contributed by atoms with Gasteiger partial charge in [-0.05, 0) is 12.7 Å². The SMILES string of the molecule is CC(CS)C(=O)CN[C@@H](C)C(=O)O. The Labute approximate surface area is 83.1 Å². The number of carbonyl (C=O) groups is 2. The Morgan fingerprint density at radius 2 is 2.00 bits per heavy atom. The number of carboxylic acid groups (broad SMARTS) is 1. The van der Waals surface area contributed by atoms with E-state index in [1.54, 1.807) is 6.92 Å². The number of hydrogen-bond acceptors (Lipinski definition) is 4. The van der Waals surface area contributed by atoms with Crippen molar-refractivity contribution in [1.29, 1.82) is 0 Å². The molecule has 0 aromatic carbocycles. The topological polar surface area (TPSA) is 66.4 Å². The third-order valence-corrected chi connectivity index (χ3v) is 2.32. The molecule has 0 aromatic heterocycles. The molecule has 0 spiro atoms. The highest BCUT2D eigenvalue weighted by atomic mass is 32.1. The smallest absolute Gasteiger partial charge is 0.320 e. The summed E-state index contributed by atoms with van der Waals surface area (Å²) in [6.45, 7) is 3.36. The Hall–Kier alpha value is -0.550. The van der Waals surface area contributed by atoms with Crippen molar-refractivity contribution in [2.75, 3.05) is 12.3 Å². The molecule has 4 nitrogen and oxygen atoms in total. The van der Waals surface area contributed by atoms with Gasteiger partial charge in [-0.2, -0.15) is 12.6 Å². The second-order valence-electron chi connectivity index (χ2n) is 2.99. The molecule has 0 aromatic rings. The molecule has 2 N–H and O–H groups in total. The van der Waals surface area contributed by atoms with Gasteiger partial charge < -0.3 is 5.11 Å². The van der Waals surface area contributed by atoms with Crippen LogP contribution in [0.2, 0.25) is 0 Å². The second-order valence-corrected chi connectivity index (χ2v) is 3.36. The van der Waals surface area contributed by atoms with Crippen molar-refractivity contribution in [3.63, 3.8) is 0 Å². The number of aliphatic carboxylic acids is 1. The van der Waals surface area contributed by atoms with Gasteiger partial charge in [0.2, 0.25) is 0 Å². The maximum absolute atomic E-state index is 11.2. The van der Waals surface area contributed by atoms with Crippen molar-refractivity contribution in [2.45, 2.75) is 19.9 Å². The zero-order chi connectivity index (χ0) is 10.4. The quantitative estimate of drug-likeness (QED) is 0.541. The van der Waals surface area contributed by atoms with Gasteiger partial charge in [0.05, 0.1) is 6.54 Å². The Morgan fingerprint density at radius 1 is 1.46 bits per heavy atom. The summed E-state index contributed by atoms with van der Waals surface area (Å²) in [5, 5.41) is 11.1. The van der Waals surface area contributed by atoms with E-state index in [2.05, 4.69) is 17.9 Å². The molecule has 0 radical (unpaired) electrons. The third kappa shape index (κ3) is 4.90. The lowest BCUT2D eigenvalue weighted by atomic mass is 10.1. The van der Waals surface area contributed by atoms with E-state index in [9.17, 15) is 9.59 Å². The Bertz CT molecular complexity index is 196. The van der Waals surface area contributed by atoms with Crippen molar-refractivity contribution in [2.24, 2.45) is 5.92 Å². The largest absolute Gasteiger partial charge is 0.480 e. The Morgan fingerprint density at radius 3 is 2.38 bits per heavy atom. The minimum Gasteiger partial charge on any atom is -0.480 e. The number of ketones is 1. The number of carbonyl (C=O) groups excluding carboxylic acids is 1. The lowest BCUT2D eigenvalue weighted by molar-refractivity contribution is -0.139. The van der Waals surface area contributed by atoms with Crippen LogP contribution in [0.5, 0.6) is 0 Å². The van der Waals surface area contributed by atoms with E-state index >= 15 is 0 Å². The number of hydrogen-bond donors (Lipinski definition) is 3. The van der Waals surface area contributed by atoms with Crippen LogP contribution in [0.4, 0.5) is 0 Å². The van der Waals surface area contributed by atoms with E-state index in [1.807, 2.05) is 0 Å².